The van der Waals surface area contributed by atoms with Gasteiger partial charge >= 0.3 is 0 Å². The average Bonchev–Trinajstić information content (AvgIpc) is 3.12. The van der Waals surface area contributed by atoms with E-state index in [1.54, 1.807) is 30.3 Å². The molecule has 28 heavy (non-hydrogen) atoms. The van der Waals surface area contributed by atoms with Crippen molar-refractivity contribution in [3.63, 3.8) is 0 Å². The molecular weight excluding hydrogens is 399 g/mol. The largest absolute Gasteiger partial charge is 0.483 e. The van der Waals surface area contributed by atoms with Crippen LogP contribution in [0, 0.1) is 13.8 Å². The van der Waals surface area contributed by atoms with Gasteiger partial charge in [0.05, 0.1) is 16.3 Å². The Morgan fingerprint density at radius 3 is 2.57 bits per heavy atom. The van der Waals surface area contributed by atoms with Crippen molar-refractivity contribution in [1.82, 2.24) is 5.43 Å². The van der Waals surface area contributed by atoms with E-state index in [0.29, 0.717) is 27.3 Å². The first-order valence-corrected chi connectivity index (χ1v) is 9.26. The molecule has 0 fully saturated rings. The minimum atomic E-state index is -0.366. The number of hydrogen-bond donors (Lipinski definition) is 1. The monoisotopic (exact) mass is 416 g/mol. The first-order valence-electron chi connectivity index (χ1n) is 8.50. The molecule has 0 radical (unpaired) electrons. The number of nitrogens with zero attached hydrogens (tertiary/aromatic N) is 1. The number of carbonyl (C=O) groups is 1. The summed E-state index contributed by atoms with van der Waals surface area (Å²) in [5, 5.41) is 4.81. The first kappa shape index (κ1) is 20.0. The van der Waals surface area contributed by atoms with E-state index in [4.69, 9.17) is 32.4 Å². The lowest BCUT2D eigenvalue weighted by Crippen LogP contribution is -2.24. The van der Waals surface area contributed by atoms with Gasteiger partial charge in [-0.05, 0) is 55.3 Å². The maximum atomic E-state index is 11.9. The number of benzene rings is 2. The van der Waals surface area contributed by atoms with Crippen LogP contribution in [0.3, 0.4) is 0 Å². The summed E-state index contributed by atoms with van der Waals surface area (Å²) in [6, 6.07) is 14.6. The summed E-state index contributed by atoms with van der Waals surface area (Å²) in [7, 11) is 0. The van der Waals surface area contributed by atoms with Crippen LogP contribution in [-0.2, 0) is 4.79 Å². The number of aryl methyl sites for hydroxylation is 2. The van der Waals surface area contributed by atoms with Gasteiger partial charge in [0.25, 0.3) is 5.91 Å². The lowest BCUT2D eigenvalue weighted by atomic mass is 10.1. The summed E-state index contributed by atoms with van der Waals surface area (Å²) in [6.07, 6.45) is 1.41. The van der Waals surface area contributed by atoms with Crippen molar-refractivity contribution in [2.45, 2.75) is 13.8 Å². The molecule has 2 aromatic carbocycles. The Morgan fingerprint density at radius 1 is 1.11 bits per heavy atom. The Balaban J connectivity index is 1.55. The van der Waals surface area contributed by atoms with E-state index in [9.17, 15) is 4.79 Å². The molecule has 1 N–H and O–H groups in total. The van der Waals surface area contributed by atoms with Gasteiger partial charge in [0, 0.05) is 5.56 Å². The third-order valence-electron chi connectivity index (χ3n) is 3.97. The molecule has 0 aliphatic rings. The van der Waals surface area contributed by atoms with Gasteiger partial charge in [-0.2, -0.15) is 5.10 Å². The zero-order chi connectivity index (χ0) is 20.1. The van der Waals surface area contributed by atoms with E-state index in [1.165, 1.54) is 6.21 Å². The molecule has 3 rings (SSSR count). The number of ether oxygens (including phenoxy) is 1. The lowest BCUT2D eigenvalue weighted by molar-refractivity contribution is -0.123. The molecule has 0 bridgehead atoms. The quantitative estimate of drug-likeness (QED) is 0.432. The van der Waals surface area contributed by atoms with Crippen molar-refractivity contribution < 1.29 is 13.9 Å². The molecule has 0 unspecified atom stereocenters. The summed E-state index contributed by atoms with van der Waals surface area (Å²) in [6.45, 7) is 3.73. The molecule has 0 saturated carbocycles. The van der Waals surface area contributed by atoms with Crippen LogP contribution >= 0.6 is 23.2 Å². The van der Waals surface area contributed by atoms with Crippen molar-refractivity contribution in [3.8, 4) is 17.1 Å². The summed E-state index contributed by atoms with van der Waals surface area (Å²) >= 11 is 11.9. The van der Waals surface area contributed by atoms with Gasteiger partial charge < -0.3 is 9.15 Å². The molecular formula is C21H18Cl2N2O3. The molecule has 144 valence electrons. The second-order valence-electron chi connectivity index (χ2n) is 6.13. The highest BCUT2D eigenvalue weighted by molar-refractivity contribution is 6.42. The zero-order valence-corrected chi connectivity index (χ0v) is 16.8. The van der Waals surface area contributed by atoms with Gasteiger partial charge in [-0.25, -0.2) is 5.43 Å². The Labute approximate surface area is 172 Å². The van der Waals surface area contributed by atoms with E-state index in [2.05, 4.69) is 10.5 Å². The highest BCUT2D eigenvalue weighted by atomic mass is 35.5. The van der Waals surface area contributed by atoms with Crippen LogP contribution < -0.4 is 10.2 Å². The minimum absolute atomic E-state index is 0.129. The SMILES string of the molecule is Cc1cccc(C)c1OCC(=O)NN=Cc1ccc(-c2ccc(Cl)c(Cl)c2)o1. The number of furan rings is 1. The van der Waals surface area contributed by atoms with Crippen molar-refractivity contribution in [2.24, 2.45) is 5.10 Å². The van der Waals surface area contributed by atoms with Crippen molar-refractivity contribution in [2.75, 3.05) is 6.61 Å². The fourth-order valence-corrected chi connectivity index (χ4v) is 2.89. The zero-order valence-electron chi connectivity index (χ0n) is 15.3. The molecule has 1 aromatic heterocycles. The Hall–Kier alpha value is -2.76. The Morgan fingerprint density at radius 2 is 1.86 bits per heavy atom. The molecule has 7 heteroatoms. The topological polar surface area (TPSA) is 63.8 Å². The number of carbonyl (C=O) groups excluding carboxylic acids is 1. The van der Waals surface area contributed by atoms with Crippen LogP contribution in [0.2, 0.25) is 10.0 Å². The van der Waals surface area contributed by atoms with Crippen molar-refractivity contribution in [1.29, 1.82) is 0 Å². The van der Waals surface area contributed by atoms with Crippen LogP contribution in [0.25, 0.3) is 11.3 Å². The fourth-order valence-electron chi connectivity index (χ4n) is 2.59. The number of amides is 1. The van der Waals surface area contributed by atoms with Gasteiger partial charge in [-0.15, -0.1) is 0 Å². The van der Waals surface area contributed by atoms with E-state index in [0.717, 1.165) is 16.7 Å². The smallest absolute Gasteiger partial charge is 0.277 e. The number of halogens is 2. The third kappa shape index (κ3) is 4.94. The summed E-state index contributed by atoms with van der Waals surface area (Å²) in [5.41, 5.74) is 5.15. The maximum absolute atomic E-state index is 11.9. The van der Waals surface area contributed by atoms with Crippen molar-refractivity contribution >= 4 is 35.3 Å². The Kier molecular flexibility index (Phi) is 6.39. The molecule has 1 amide bonds. The van der Waals surface area contributed by atoms with E-state index >= 15 is 0 Å². The van der Waals surface area contributed by atoms with Gasteiger partial charge in [-0.3, -0.25) is 4.79 Å². The Bertz CT molecular complexity index is 1010. The molecule has 5 nitrogen and oxygen atoms in total. The maximum Gasteiger partial charge on any atom is 0.277 e. The van der Waals surface area contributed by atoms with Crippen LogP contribution in [0.1, 0.15) is 16.9 Å². The first-order chi connectivity index (χ1) is 13.4. The number of hydrogen-bond acceptors (Lipinski definition) is 4. The minimum Gasteiger partial charge on any atom is -0.483 e. The summed E-state index contributed by atoms with van der Waals surface area (Å²) in [4.78, 5) is 11.9. The van der Waals surface area contributed by atoms with Gasteiger partial charge in [0.1, 0.15) is 17.3 Å². The summed E-state index contributed by atoms with van der Waals surface area (Å²) < 4.78 is 11.3. The van der Waals surface area contributed by atoms with E-state index in [1.807, 2.05) is 32.0 Å². The number of nitrogens with one attached hydrogen (secondary N) is 1. The molecule has 3 aromatic rings. The molecule has 0 atom stereocenters. The number of hydrazone groups is 1. The summed E-state index contributed by atoms with van der Waals surface area (Å²) in [5.74, 6) is 1.44. The third-order valence-corrected chi connectivity index (χ3v) is 4.71. The highest BCUT2D eigenvalue weighted by Crippen LogP contribution is 2.29. The second kappa shape index (κ2) is 8.95. The van der Waals surface area contributed by atoms with Crippen molar-refractivity contribution in [3.05, 3.63) is 75.5 Å². The molecule has 0 saturated heterocycles. The average molecular weight is 417 g/mol. The van der Waals surface area contributed by atoms with Gasteiger partial charge in [0.15, 0.2) is 6.61 Å². The predicted octanol–water partition coefficient (Wildman–Crippen LogP) is 5.40. The second-order valence-corrected chi connectivity index (χ2v) is 6.95. The predicted molar refractivity (Wildman–Crippen MR) is 111 cm³/mol. The molecule has 0 spiro atoms. The molecule has 0 aliphatic heterocycles. The number of para-hydroxylation sites is 1. The van der Waals surface area contributed by atoms with Gasteiger partial charge in [-0.1, -0.05) is 41.4 Å². The van der Waals surface area contributed by atoms with Crippen LogP contribution in [0.4, 0.5) is 0 Å². The van der Waals surface area contributed by atoms with Crippen LogP contribution in [0.5, 0.6) is 5.75 Å². The van der Waals surface area contributed by atoms with Crippen LogP contribution in [0.15, 0.2) is 58.0 Å². The van der Waals surface area contributed by atoms with Gasteiger partial charge in [0.2, 0.25) is 0 Å². The lowest BCUT2D eigenvalue weighted by Gasteiger charge is -2.10. The number of rotatable bonds is 6. The molecule has 1 heterocycles. The normalized spacial score (nSPS) is 11.0. The van der Waals surface area contributed by atoms with E-state index in [-0.39, 0.29) is 12.5 Å². The standard InChI is InChI=1S/C21H18Cl2N2O3/c1-13-4-3-5-14(2)21(13)27-12-20(26)25-24-11-16-7-9-19(28-16)15-6-8-17(22)18(23)10-15/h3-11H,12H2,1-2H3,(H,25,26). The molecule has 0 aliphatic carbocycles. The fraction of sp³-hybridized carbons (Fsp3) is 0.143. The highest BCUT2D eigenvalue weighted by Gasteiger charge is 2.08. The van der Waals surface area contributed by atoms with Crippen LogP contribution in [-0.4, -0.2) is 18.7 Å². The van der Waals surface area contributed by atoms with E-state index < -0.39 is 0 Å².